The van der Waals surface area contributed by atoms with Crippen LogP contribution in [0.15, 0.2) is 47.2 Å². The molecule has 7 nitrogen and oxygen atoms in total. The molecular formula is C29H32N4O3S. The molecule has 0 saturated heterocycles. The average Bonchev–Trinajstić information content (AvgIpc) is 3.05. The van der Waals surface area contributed by atoms with E-state index >= 15 is 0 Å². The van der Waals surface area contributed by atoms with Gasteiger partial charge in [0.1, 0.15) is 10.8 Å². The molecule has 0 amide bonds. The molecule has 0 spiro atoms. The molecule has 37 heavy (non-hydrogen) atoms. The van der Waals surface area contributed by atoms with Gasteiger partial charge in [0, 0.05) is 35.0 Å². The van der Waals surface area contributed by atoms with Gasteiger partial charge in [-0.1, -0.05) is 26.3 Å². The largest absolute Gasteiger partial charge is 0.462 e. The summed E-state index contributed by atoms with van der Waals surface area (Å²) >= 11 is 1.55. The number of nitriles is 1. The van der Waals surface area contributed by atoms with Crippen LogP contribution in [-0.2, 0) is 22.4 Å². The summed E-state index contributed by atoms with van der Waals surface area (Å²) in [6.07, 6.45) is 9.22. The number of nitrogens with zero attached hydrogens (tertiary/aromatic N) is 3. The molecule has 1 aliphatic heterocycles. The molecule has 2 aromatic heterocycles. The molecule has 2 aliphatic carbocycles. The number of carbonyl (C=O) groups is 2. The third-order valence-corrected chi connectivity index (χ3v) is 8.76. The van der Waals surface area contributed by atoms with Crippen LogP contribution in [0.4, 0.5) is 5.00 Å². The highest BCUT2D eigenvalue weighted by Crippen LogP contribution is 2.52. The molecule has 1 atom stereocenters. The lowest BCUT2D eigenvalue weighted by atomic mass is 9.69. The van der Waals surface area contributed by atoms with Crippen LogP contribution in [0.5, 0.6) is 0 Å². The van der Waals surface area contributed by atoms with Gasteiger partial charge >= 0.3 is 5.97 Å². The zero-order valence-corrected chi connectivity index (χ0v) is 22.4. The second-order valence-electron chi connectivity index (χ2n) is 10.7. The highest BCUT2D eigenvalue weighted by Gasteiger charge is 2.46. The number of nitrogens with two attached hydrogens (primary N) is 1. The number of thiophene rings is 1. The lowest BCUT2D eigenvalue weighted by Crippen LogP contribution is -2.42. The summed E-state index contributed by atoms with van der Waals surface area (Å²) in [6.45, 7) is 6.20. The van der Waals surface area contributed by atoms with E-state index in [9.17, 15) is 14.9 Å². The molecule has 2 aromatic rings. The Morgan fingerprint density at radius 2 is 2.08 bits per heavy atom. The number of pyridine rings is 1. The maximum Gasteiger partial charge on any atom is 0.341 e. The molecule has 2 N–H and O–H groups in total. The fourth-order valence-corrected chi connectivity index (χ4v) is 7.34. The van der Waals surface area contributed by atoms with Gasteiger partial charge in [-0.05, 0) is 61.6 Å². The molecule has 0 saturated carbocycles. The Morgan fingerprint density at radius 1 is 1.30 bits per heavy atom. The zero-order valence-electron chi connectivity index (χ0n) is 21.6. The number of esters is 1. The van der Waals surface area contributed by atoms with E-state index in [2.05, 4.69) is 24.9 Å². The van der Waals surface area contributed by atoms with Gasteiger partial charge in [0.25, 0.3) is 0 Å². The van der Waals surface area contributed by atoms with Crippen molar-refractivity contribution in [2.75, 3.05) is 11.5 Å². The van der Waals surface area contributed by atoms with Crippen molar-refractivity contribution >= 4 is 28.1 Å². The first-order valence-electron chi connectivity index (χ1n) is 12.9. The minimum atomic E-state index is -0.586. The van der Waals surface area contributed by atoms with Gasteiger partial charge in [0.05, 0.1) is 29.7 Å². The number of fused-ring (bicyclic) bond motifs is 1. The summed E-state index contributed by atoms with van der Waals surface area (Å²) in [6, 6.07) is 6.00. The van der Waals surface area contributed by atoms with E-state index in [-0.39, 0.29) is 29.6 Å². The molecule has 0 aromatic carbocycles. The maximum atomic E-state index is 13.8. The third kappa shape index (κ3) is 4.36. The van der Waals surface area contributed by atoms with E-state index in [0.717, 1.165) is 48.9 Å². The normalized spacial score (nSPS) is 21.2. The number of carbonyl (C=O) groups excluding carboxylic acids is 2. The second kappa shape index (κ2) is 9.79. The van der Waals surface area contributed by atoms with Crippen molar-refractivity contribution in [3.8, 4) is 6.07 Å². The minimum Gasteiger partial charge on any atom is -0.462 e. The van der Waals surface area contributed by atoms with Crippen molar-refractivity contribution in [3.63, 3.8) is 0 Å². The van der Waals surface area contributed by atoms with Gasteiger partial charge in [-0.3, -0.25) is 14.7 Å². The maximum absolute atomic E-state index is 13.8. The number of aryl methyl sites for hydroxylation is 1. The van der Waals surface area contributed by atoms with Gasteiger partial charge in [-0.2, -0.15) is 5.26 Å². The van der Waals surface area contributed by atoms with E-state index in [1.54, 1.807) is 36.7 Å². The second-order valence-corrected chi connectivity index (χ2v) is 11.8. The van der Waals surface area contributed by atoms with E-state index in [4.69, 9.17) is 10.5 Å². The van der Waals surface area contributed by atoms with Crippen LogP contribution in [0.3, 0.4) is 0 Å². The molecule has 8 heteroatoms. The predicted molar refractivity (Wildman–Crippen MR) is 143 cm³/mol. The van der Waals surface area contributed by atoms with Crippen LogP contribution >= 0.6 is 11.3 Å². The van der Waals surface area contributed by atoms with E-state index in [1.807, 2.05) is 11.0 Å². The van der Waals surface area contributed by atoms with Gasteiger partial charge in [0.15, 0.2) is 5.78 Å². The van der Waals surface area contributed by atoms with E-state index < -0.39 is 5.92 Å². The van der Waals surface area contributed by atoms with Crippen molar-refractivity contribution in [3.05, 3.63) is 68.8 Å². The SMILES string of the molecule is CCOC(=O)c1c(N2C(N)=C(C#N)[C@@H](c3cccnc3)C3=C2CC(C)(C)CC3=O)sc2c1CCCCC2. The molecule has 0 fully saturated rings. The van der Waals surface area contributed by atoms with E-state index in [0.29, 0.717) is 34.6 Å². The minimum absolute atomic E-state index is 0.00107. The number of ketones is 1. The quantitative estimate of drug-likeness (QED) is 0.420. The molecule has 192 valence electrons. The highest BCUT2D eigenvalue weighted by atomic mass is 32.1. The topological polar surface area (TPSA) is 109 Å². The monoisotopic (exact) mass is 516 g/mol. The summed E-state index contributed by atoms with van der Waals surface area (Å²) in [4.78, 5) is 34.4. The first-order valence-corrected chi connectivity index (χ1v) is 13.8. The first kappa shape index (κ1) is 25.2. The van der Waals surface area contributed by atoms with Crippen molar-refractivity contribution < 1.29 is 14.3 Å². The standard InChI is InChI=1S/C29H32N4O3S/c1-4-36-28(35)24-18-10-6-5-7-11-22(18)37-27(24)33-20-13-29(2,3)14-21(34)25(20)23(19(15-30)26(33)31)17-9-8-12-32-16-17/h8-9,12,16,23H,4-7,10-11,13-14,31H2,1-3H3/t23-/m1/s1. The Kier molecular flexibility index (Phi) is 6.67. The van der Waals surface area contributed by atoms with Gasteiger partial charge in [-0.25, -0.2) is 4.79 Å². The summed E-state index contributed by atoms with van der Waals surface area (Å²) < 4.78 is 5.53. The molecule has 5 rings (SSSR count). The summed E-state index contributed by atoms with van der Waals surface area (Å²) in [5.41, 5.74) is 10.5. The van der Waals surface area contributed by atoms with Crippen molar-refractivity contribution in [2.45, 2.75) is 71.6 Å². The van der Waals surface area contributed by atoms with E-state index in [1.165, 1.54) is 4.88 Å². The fraction of sp³-hybridized carbons (Fsp3) is 0.448. The Labute approximate surface area is 221 Å². The van der Waals surface area contributed by atoms with Gasteiger partial charge < -0.3 is 10.5 Å². The van der Waals surface area contributed by atoms with Crippen LogP contribution in [0.1, 0.15) is 85.2 Å². The first-order chi connectivity index (χ1) is 17.8. The summed E-state index contributed by atoms with van der Waals surface area (Å²) in [5, 5.41) is 11.0. The highest BCUT2D eigenvalue weighted by molar-refractivity contribution is 7.16. The van der Waals surface area contributed by atoms with Crippen LogP contribution in [0.2, 0.25) is 0 Å². The van der Waals surface area contributed by atoms with Crippen LogP contribution in [0.25, 0.3) is 0 Å². The summed E-state index contributed by atoms with van der Waals surface area (Å²) in [7, 11) is 0. The third-order valence-electron chi connectivity index (χ3n) is 7.48. The molecule has 0 radical (unpaired) electrons. The fourth-order valence-electron chi connectivity index (χ4n) is 5.92. The van der Waals surface area contributed by atoms with Crippen molar-refractivity contribution in [1.29, 1.82) is 5.26 Å². The molecule has 3 aliphatic rings. The number of rotatable bonds is 4. The predicted octanol–water partition coefficient (Wildman–Crippen LogP) is 5.53. The van der Waals surface area contributed by atoms with Crippen LogP contribution in [-0.4, -0.2) is 23.3 Å². The van der Waals surface area contributed by atoms with Crippen LogP contribution < -0.4 is 10.6 Å². The zero-order chi connectivity index (χ0) is 26.3. The Hall–Kier alpha value is -3.44. The number of anilines is 1. The number of hydrogen-bond donors (Lipinski definition) is 1. The summed E-state index contributed by atoms with van der Waals surface area (Å²) in [5.74, 6) is -0.692. The number of ether oxygens (including phenoxy) is 1. The lowest BCUT2D eigenvalue weighted by Gasteiger charge is -2.43. The number of aromatic nitrogens is 1. The van der Waals surface area contributed by atoms with Crippen molar-refractivity contribution in [1.82, 2.24) is 4.98 Å². The Morgan fingerprint density at radius 3 is 2.78 bits per heavy atom. The number of allylic oxidation sites excluding steroid dienone is 3. The number of hydrogen-bond acceptors (Lipinski definition) is 8. The average molecular weight is 517 g/mol. The molecular weight excluding hydrogens is 484 g/mol. The lowest BCUT2D eigenvalue weighted by molar-refractivity contribution is -0.118. The molecule has 3 heterocycles. The smallest absolute Gasteiger partial charge is 0.341 e. The molecule has 0 unspecified atom stereocenters. The van der Waals surface area contributed by atoms with Crippen LogP contribution in [0, 0.1) is 16.7 Å². The number of Topliss-reactive ketones (excluding diaryl/α,β-unsaturated/α-hetero) is 1. The van der Waals surface area contributed by atoms with Crippen molar-refractivity contribution in [2.24, 2.45) is 11.1 Å². The molecule has 0 bridgehead atoms. The van der Waals surface area contributed by atoms with Gasteiger partial charge in [0.2, 0.25) is 0 Å². The van der Waals surface area contributed by atoms with Gasteiger partial charge in [-0.15, -0.1) is 11.3 Å². The Balaban J connectivity index is 1.79. The Bertz CT molecular complexity index is 1360.